The van der Waals surface area contributed by atoms with Gasteiger partial charge in [0.15, 0.2) is 0 Å². The molecular formula is C13H17NO3. The van der Waals surface area contributed by atoms with E-state index in [0.29, 0.717) is 11.3 Å². The summed E-state index contributed by atoms with van der Waals surface area (Å²) >= 11 is 0. The third kappa shape index (κ3) is 2.52. The Bertz CT molecular complexity index is 411. The maximum absolute atomic E-state index is 12.1. The fourth-order valence-electron chi connectivity index (χ4n) is 2.09. The van der Waals surface area contributed by atoms with E-state index in [9.17, 15) is 9.90 Å². The van der Waals surface area contributed by atoms with Crippen molar-refractivity contribution < 1.29 is 14.6 Å². The van der Waals surface area contributed by atoms with Crippen molar-refractivity contribution >= 4 is 5.91 Å². The van der Waals surface area contributed by atoms with Gasteiger partial charge in [-0.15, -0.1) is 0 Å². The quantitative estimate of drug-likeness (QED) is 0.853. The summed E-state index contributed by atoms with van der Waals surface area (Å²) in [5.41, 5.74) is 0.354. The van der Waals surface area contributed by atoms with Gasteiger partial charge in [0.2, 0.25) is 0 Å². The summed E-state index contributed by atoms with van der Waals surface area (Å²) < 4.78 is 4.99. The molecule has 1 aromatic carbocycles. The van der Waals surface area contributed by atoms with Crippen LogP contribution in [0.3, 0.4) is 0 Å². The van der Waals surface area contributed by atoms with Crippen LogP contribution in [0.5, 0.6) is 11.5 Å². The van der Waals surface area contributed by atoms with Crippen molar-refractivity contribution in [2.24, 2.45) is 0 Å². The highest BCUT2D eigenvalue weighted by Crippen LogP contribution is 2.25. The van der Waals surface area contributed by atoms with Crippen LogP contribution in [-0.2, 0) is 0 Å². The van der Waals surface area contributed by atoms with E-state index in [0.717, 1.165) is 25.9 Å². The topological polar surface area (TPSA) is 49.8 Å². The van der Waals surface area contributed by atoms with Gasteiger partial charge in [-0.05, 0) is 31.4 Å². The normalized spacial score (nSPS) is 15.7. The van der Waals surface area contributed by atoms with E-state index in [-0.39, 0.29) is 11.7 Å². The molecule has 0 unspecified atom stereocenters. The summed E-state index contributed by atoms with van der Waals surface area (Å²) in [5, 5.41) is 9.80. The number of methoxy groups -OCH3 is 1. The molecule has 0 spiro atoms. The molecule has 17 heavy (non-hydrogen) atoms. The third-order valence-electron chi connectivity index (χ3n) is 3.08. The molecule has 1 fully saturated rings. The first-order chi connectivity index (χ1) is 8.22. The van der Waals surface area contributed by atoms with Gasteiger partial charge >= 0.3 is 0 Å². The molecule has 1 N–H and O–H groups in total. The number of likely N-dealkylation sites (tertiary alicyclic amines) is 1. The van der Waals surface area contributed by atoms with Crippen molar-refractivity contribution in [2.45, 2.75) is 19.3 Å². The molecule has 1 aliphatic rings. The predicted octanol–water partition coefficient (Wildman–Crippen LogP) is 2.03. The zero-order valence-electron chi connectivity index (χ0n) is 9.98. The fourth-order valence-corrected chi connectivity index (χ4v) is 2.09. The standard InChI is InChI=1S/C13H17NO3/c1-17-10-5-6-11(12(15)9-10)13(16)14-7-3-2-4-8-14/h5-6,9,15H,2-4,7-8H2,1H3. The first kappa shape index (κ1) is 11.8. The molecule has 1 heterocycles. The fraction of sp³-hybridized carbons (Fsp3) is 0.462. The number of benzene rings is 1. The van der Waals surface area contributed by atoms with Crippen molar-refractivity contribution in [3.05, 3.63) is 23.8 Å². The number of nitrogens with zero attached hydrogens (tertiary/aromatic N) is 1. The SMILES string of the molecule is COc1ccc(C(=O)N2CCCCC2)c(O)c1. The molecule has 0 aromatic heterocycles. The second-order valence-electron chi connectivity index (χ2n) is 4.24. The van der Waals surface area contributed by atoms with Crippen LogP contribution in [0, 0.1) is 0 Å². The number of hydrogen-bond donors (Lipinski definition) is 1. The lowest BCUT2D eigenvalue weighted by Gasteiger charge is -2.27. The number of rotatable bonds is 2. The lowest BCUT2D eigenvalue weighted by Crippen LogP contribution is -2.35. The molecule has 0 aliphatic carbocycles. The molecule has 1 aliphatic heterocycles. The van der Waals surface area contributed by atoms with Crippen LogP contribution >= 0.6 is 0 Å². The smallest absolute Gasteiger partial charge is 0.257 e. The van der Waals surface area contributed by atoms with Gasteiger partial charge in [-0.1, -0.05) is 0 Å². The average Bonchev–Trinajstić information content (AvgIpc) is 2.39. The Balaban J connectivity index is 2.18. The van der Waals surface area contributed by atoms with Gasteiger partial charge in [0.1, 0.15) is 11.5 Å². The number of phenols is 1. The maximum Gasteiger partial charge on any atom is 0.257 e. The van der Waals surface area contributed by atoms with Gasteiger partial charge in [-0.3, -0.25) is 4.79 Å². The average molecular weight is 235 g/mol. The van der Waals surface area contributed by atoms with Crippen molar-refractivity contribution in [3.63, 3.8) is 0 Å². The molecule has 1 aromatic rings. The first-order valence-electron chi connectivity index (χ1n) is 5.88. The minimum absolute atomic E-state index is 0.0140. The zero-order chi connectivity index (χ0) is 12.3. The molecule has 4 nitrogen and oxygen atoms in total. The Morgan fingerprint density at radius 2 is 2.00 bits per heavy atom. The van der Waals surface area contributed by atoms with Crippen LogP contribution < -0.4 is 4.74 Å². The first-order valence-corrected chi connectivity index (χ1v) is 5.88. The Morgan fingerprint density at radius 3 is 2.59 bits per heavy atom. The summed E-state index contributed by atoms with van der Waals surface area (Å²) in [6.07, 6.45) is 3.27. The monoisotopic (exact) mass is 235 g/mol. The predicted molar refractivity (Wildman–Crippen MR) is 64.4 cm³/mol. The van der Waals surface area contributed by atoms with Crippen molar-refractivity contribution in [3.8, 4) is 11.5 Å². The molecule has 2 rings (SSSR count). The molecule has 0 radical (unpaired) electrons. The molecule has 92 valence electrons. The van der Waals surface area contributed by atoms with E-state index in [1.807, 2.05) is 0 Å². The lowest BCUT2D eigenvalue weighted by atomic mass is 10.1. The molecule has 4 heteroatoms. The van der Waals surface area contributed by atoms with Crippen LogP contribution in [0.25, 0.3) is 0 Å². The highest BCUT2D eigenvalue weighted by molar-refractivity contribution is 5.97. The summed E-state index contributed by atoms with van der Waals surface area (Å²) in [4.78, 5) is 13.9. The molecule has 1 amide bonds. The molecular weight excluding hydrogens is 218 g/mol. The van der Waals surface area contributed by atoms with E-state index >= 15 is 0 Å². The maximum atomic E-state index is 12.1. The molecule has 0 atom stereocenters. The number of amides is 1. The number of piperidine rings is 1. The van der Waals surface area contributed by atoms with E-state index in [1.54, 1.807) is 17.0 Å². The zero-order valence-corrected chi connectivity index (χ0v) is 9.98. The van der Waals surface area contributed by atoms with Gasteiger partial charge in [0.05, 0.1) is 12.7 Å². The van der Waals surface area contributed by atoms with Crippen molar-refractivity contribution in [1.82, 2.24) is 4.90 Å². The van der Waals surface area contributed by atoms with Gasteiger partial charge in [0, 0.05) is 19.2 Å². The van der Waals surface area contributed by atoms with Gasteiger partial charge < -0.3 is 14.7 Å². The van der Waals surface area contributed by atoms with Crippen LogP contribution in [-0.4, -0.2) is 36.1 Å². The van der Waals surface area contributed by atoms with Gasteiger partial charge in [-0.25, -0.2) is 0 Å². The minimum atomic E-state index is -0.0927. The second-order valence-corrected chi connectivity index (χ2v) is 4.24. The van der Waals surface area contributed by atoms with E-state index in [1.165, 1.54) is 19.6 Å². The molecule has 0 bridgehead atoms. The minimum Gasteiger partial charge on any atom is -0.507 e. The van der Waals surface area contributed by atoms with Gasteiger partial charge in [-0.2, -0.15) is 0 Å². The van der Waals surface area contributed by atoms with Gasteiger partial charge in [0.25, 0.3) is 5.91 Å². The summed E-state index contributed by atoms with van der Waals surface area (Å²) in [6, 6.07) is 4.78. The Kier molecular flexibility index (Phi) is 3.52. The van der Waals surface area contributed by atoms with Crippen molar-refractivity contribution in [2.75, 3.05) is 20.2 Å². The van der Waals surface area contributed by atoms with Crippen LogP contribution in [0.15, 0.2) is 18.2 Å². The number of carbonyl (C=O) groups excluding carboxylic acids is 1. The highest BCUT2D eigenvalue weighted by atomic mass is 16.5. The Labute approximate surface area is 101 Å². The summed E-state index contributed by atoms with van der Waals surface area (Å²) in [6.45, 7) is 1.56. The largest absolute Gasteiger partial charge is 0.507 e. The van der Waals surface area contributed by atoms with E-state index < -0.39 is 0 Å². The molecule has 1 saturated heterocycles. The summed E-state index contributed by atoms with van der Waals surface area (Å²) in [7, 11) is 1.53. The van der Waals surface area contributed by atoms with E-state index in [4.69, 9.17) is 4.74 Å². The number of ether oxygens (including phenoxy) is 1. The third-order valence-corrected chi connectivity index (χ3v) is 3.08. The van der Waals surface area contributed by atoms with Crippen LogP contribution in [0.1, 0.15) is 29.6 Å². The number of carbonyl (C=O) groups is 1. The van der Waals surface area contributed by atoms with E-state index in [2.05, 4.69) is 0 Å². The van der Waals surface area contributed by atoms with Crippen molar-refractivity contribution in [1.29, 1.82) is 0 Å². The highest BCUT2D eigenvalue weighted by Gasteiger charge is 2.20. The second kappa shape index (κ2) is 5.08. The summed E-state index contributed by atoms with van der Waals surface area (Å²) in [5.74, 6) is 0.447. The number of aromatic hydroxyl groups is 1. The lowest BCUT2D eigenvalue weighted by molar-refractivity contribution is 0.0721. The van der Waals surface area contributed by atoms with Crippen LogP contribution in [0.4, 0.5) is 0 Å². The number of hydrogen-bond acceptors (Lipinski definition) is 3. The van der Waals surface area contributed by atoms with Crippen LogP contribution in [0.2, 0.25) is 0 Å². The Morgan fingerprint density at radius 1 is 1.29 bits per heavy atom. The molecule has 0 saturated carbocycles. The number of phenolic OH excluding ortho intramolecular Hbond substituents is 1. The Hall–Kier alpha value is -1.71.